The maximum atomic E-state index is 14.5. The van der Waals surface area contributed by atoms with Gasteiger partial charge in [-0.25, -0.2) is 12.8 Å². The molecule has 6 nitrogen and oxygen atoms in total. The minimum Gasteiger partial charge on any atom is -0.368 e. The normalized spacial score (nSPS) is 14.9. The lowest BCUT2D eigenvalue weighted by Gasteiger charge is -2.38. The minimum atomic E-state index is -3.59. The Labute approximate surface area is 225 Å². The zero-order valence-corrected chi connectivity index (χ0v) is 23.3. The van der Waals surface area contributed by atoms with Gasteiger partial charge in [-0.05, 0) is 72.9 Å². The van der Waals surface area contributed by atoms with Crippen LogP contribution in [0.4, 0.5) is 21.5 Å². The molecule has 0 bridgehead atoms. The number of Topliss-reactive ketones (excluding diaryl/α,β-unsaturated/α-hetero) is 1. The van der Waals surface area contributed by atoms with E-state index in [0.29, 0.717) is 18.4 Å². The number of nitrogens with zero attached hydrogens (tertiary/aromatic N) is 2. The first-order chi connectivity index (χ1) is 18.0. The van der Waals surface area contributed by atoms with Crippen LogP contribution in [0.15, 0.2) is 60.7 Å². The van der Waals surface area contributed by atoms with Crippen molar-refractivity contribution in [3.63, 3.8) is 0 Å². The van der Waals surface area contributed by atoms with Crippen LogP contribution in [0.3, 0.4) is 0 Å². The Morgan fingerprint density at radius 2 is 1.63 bits per heavy atom. The molecular weight excluding hydrogens is 501 g/mol. The highest BCUT2D eigenvalue weighted by atomic mass is 32.2. The molecule has 1 unspecified atom stereocenters. The van der Waals surface area contributed by atoms with Gasteiger partial charge in [0, 0.05) is 49.9 Å². The van der Waals surface area contributed by atoms with Crippen LogP contribution in [0.5, 0.6) is 0 Å². The lowest BCUT2D eigenvalue weighted by molar-refractivity contribution is -0.120. The molecule has 1 atom stereocenters. The molecule has 0 spiro atoms. The van der Waals surface area contributed by atoms with Gasteiger partial charge in [-0.3, -0.25) is 9.52 Å². The summed E-state index contributed by atoms with van der Waals surface area (Å²) in [5.74, 6) is -1.18. The molecule has 202 valence electrons. The number of anilines is 3. The summed E-state index contributed by atoms with van der Waals surface area (Å²) in [5, 5.41) is 0. The van der Waals surface area contributed by atoms with E-state index in [1.807, 2.05) is 0 Å². The second-order valence-electron chi connectivity index (χ2n) is 10.2. The highest BCUT2D eigenvalue weighted by Gasteiger charge is 2.22. The van der Waals surface area contributed by atoms with Crippen LogP contribution >= 0.6 is 0 Å². The van der Waals surface area contributed by atoms with Gasteiger partial charge in [0.1, 0.15) is 11.6 Å². The van der Waals surface area contributed by atoms with Crippen LogP contribution in [-0.4, -0.2) is 46.6 Å². The summed E-state index contributed by atoms with van der Waals surface area (Å²) in [6.07, 6.45) is 1.91. The number of halogens is 1. The summed E-state index contributed by atoms with van der Waals surface area (Å²) < 4.78 is 39.4. The van der Waals surface area contributed by atoms with Crippen LogP contribution in [-0.2, 0) is 21.2 Å². The number of aryl methyl sites for hydroxylation is 3. The van der Waals surface area contributed by atoms with Crippen molar-refractivity contribution in [1.82, 2.24) is 0 Å². The Kier molecular flexibility index (Phi) is 8.41. The number of nitrogens with one attached hydrogen (secondary N) is 1. The molecule has 1 saturated heterocycles. The first-order valence-corrected chi connectivity index (χ1v) is 14.9. The second kappa shape index (κ2) is 11.6. The standard InChI is InChI=1S/C30H36FN3O3S/c1-21-6-5-7-26(18-21)33-14-16-34(17-15-33)29-19-22(2)8-9-24(29)11-13-30(35)23(3)25-10-12-28(27(31)20-25)32-38(4,36)37/h5-10,12,18-20,23,32H,11,13-17H2,1-4H3. The van der Waals surface area contributed by atoms with Crippen molar-refractivity contribution < 1.29 is 17.6 Å². The number of sulfonamides is 1. The number of hydrogen-bond donors (Lipinski definition) is 1. The summed E-state index contributed by atoms with van der Waals surface area (Å²) in [5.41, 5.74) is 6.42. The zero-order valence-electron chi connectivity index (χ0n) is 22.5. The van der Waals surface area contributed by atoms with Gasteiger partial charge in [-0.15, -0.1) is 0 Å². The molecule has 1 N–H and O–H groups in total. The lowest BCUT2D eigenvalue weighted by Crippen LogP contribution is -2.46. The van der Waals surface area contributed by atoms with E-state index >= 15 is 0 Å². The van der Waals surface area contributed by atoms with E-state index in [4.69, 9.17) is 0 Å². The summed E-state index contributed by atoms with van der Waals surface area (Å²) in [7, 11) is -3.59. The van der Waals surface area contributed by atoms with Crippen molar-refractivity contribution in [3.05, 3.63) is 88.7 Å². The smallest absolute Gasteiger partial charge is 0.229 e. The van der Waals surface area contributed by atoms with Gasteiger partial charge in [0.05, 0.1) is 11.9 Å². The largest absolute Gasteiger partial charge is 0.368 e. The molecule has 0 amide bonds. The number of carbonyl (C=O) groups is 1. The fourth-order valence-electron chi connectivity index (χ4n) is 4.95. The summed E-state index contributed by atoms with van der Waals surface area (Å²) in [6.45, 7) is 9.64. The van der Waals surface area contributed by atoms with E-state index in [9.17, 15) is 17.6 Å². The van der Waals surface area contributed by atoms with E-state index < -0.39 is 21.8 Å². The van der Waals surface area contributed by atoms with Crippen LogP contribution < -0.4 is 14.5 Å². The number of hydrogen-bond acceptors (Lipinski definition) is 5. The van der Waals surface area contributed by atoms with E-state index in [1.165, 1.54) is 34.6 Å². The van der Waals surface area contributed by atoms with E-state index in [1.54, 1.807) is 13.0 Å². The first-order valence-electron chi connectivity index (χ1n) is 13.0. The predicted octanol–water partition coefficient (Wildman–Crippen LogP) is 5.45. The molecule has 4 rings (SSSR count). The fourth-order valence-corrected chi connectivity index (χ4v) is 5.52. The molecule has 3 aromatic rings. The van der Waals surface area contributed by atoms with E-state index in [-0.39, 0.29) is 11.5 Å². The van der Waals surface area contributed by atoms with Gasteiger partial charge in [0.25, 0.3) is 0 Å². The Morgan fingerprint density at radius 1 is 0.947 bits per heavy atom. The maximum absolute atomic E-state index is 14.5. The molecule has 1 fully saturated rings. The topological polar surface area (TPSA) is 69.7 Å². The molecule has 0 radical (unpaired) electrons. The van der Waals surface area contributed by atoms with Crippen molar-refractivity contribution in [1.29, 1.82) is 0 Å². The van der Waals surface area contributed by atoms with Crippen LogP contribution in [0.25, 0.3) is 0 Å². The number of ketones is 1. The molecule has 1 heterocycles. The number of carbonyl (C=O) groups excluding carboxylic acids is 1. The SMILES string of the molecule is Cc1cccc(N2CCN(c3cc(C)ccc3CCC(=O)C(C)c3ccc(NS(C)(=O)=O)c(F)c3)CC2)c1. The quantitative estimate of drug-likeness (QED) is 0.393. The third-order valence-electron chi connectivity index (χ3n) is 7.14. The highest BCUT2D eigenvalue weighted by Crippen LogP contribution is 2.29. The minimum absolute atomic E-state index is 0.0176. The second-order valence-corrected chi connectivity index (χ2v) is 12.0. The van der Waals surface area contributed by atoms with Gasteiger partial charge >= 0.3 is 0 Å². The maximum Gasteiger partial charge on any atom is 0.229 e. The molecule has 38 heavy (non-hydrogen) atoms. The van der Waals surface area contributed by atoms with Crippen LogP contribution in [0, 0.1) is 19.7 Å². The van der Waals surface area contributed by atoms with Crippen molar-refractivity contribution in [2.45, 2.75) is 39.5 Å². The lowest BCUT2D eigenvalue weighted by atomic mass is 9.92. The Hall–Kier alpha value is -3.39. The molecule has 0 aromatic heterocycles. The van der Waals surface area contributed by atoms with Gasteiger partial charge in [0.15, 0.2) is 0 Å². The van der Waals surface area contributed by atoms with Crippen molar-refractivity contribution in [2.24, 2.45) is 0 Å². The monoisotopic (exact) mass is 537 g/mol. The van der Waals surface area contributed by atoms with Gasteiger partial charge < -0.3 is 9.80 Å². The summed E-state index contributed by atoms with van der Waals surface area (Å²) >= 11 is 0. The fraction of sp³-hybridized carbons (Fsp3) is 0.367. The van der Waals surface area contributed by atoms with Gasteiger partial charge in [-0.1, -0.05) is 37.3 Å². The molecular formula is C30H36FN3O3S. The Balaban J connectivity index is 1.41. The first kappa shape index (κ1) is 27.6. The molecule has 1 aliphatic rings. The average Bonchev–Trinajstić information content (AvgIpc) is 2.88. The van der Waals surface area contributed by atoms with Crippen molar-refractivity contribution >= 4 is 32.9 Å². The predicted molar refractivity (Wildman–Crippen MR) is 153 cm³/mol. The number of rotatable bonds is 9. The average molecular weight is 538 g/mol. The number of benzene rings is 3. The van der Waals surface area contributed by atoms with Gasteiger partial charge in [-0.2, -0.15) is 0 Å². The summed E-state index contributed by atoms with van der Waals surface area (Å²) in [4.78, 5) is 17.9. The zero-order chi connectivity index (χ0) is 27.4. The Morgan fingerprint density at radius 3 is 2.29 bits per heavy atom. The summed E-state index contributed by atoms with van der Waals surface area (Å²) in [6, 6.07) is 19.2. The van der Waals surface area contributed by atoms with Crippen LogP contribution in [0.1, 0.15) is 41.5 Å². The Bertz CT molecular complexity index is 1420. The van der Waals surface area contributed by atoms with Gasteiger partial charge in [0.2, 0.25) is 10.0 Å². The van der Waals surface area contributed by atoms with Crippen molar-refractivity contribution in [3.8, 4) is 0 Å². The molecule has 8 heteroatoms. The molecule has 0 saturated carbocycles. The third kappa shape index (κ3) is 6.92. The molecule has 1 aliphatic heterocycles. The van der Waals surface area contributed by atoms with Crippen LogP contribution in [0.2, 0.25) is 0 Å². The third-order valence-corrected chi connectivity index (χ3v) is 7.73. The van der Waals surface area contributed by atoms with Crippen molar-refractivity contribution in [2.75, 3.05) is 47.0 Å². The number of piperazine rings is 1. The highest BCUT2D eigenvalue weighted by molar-refractivity contribution is 7.92. The molecule has 0 aliphatic carbocycles. The van der Waals surface area contributed by atoms with E-state index in [0.717, 1.165) is 38.0 Å². The molecule has 3 aromatic carbocycles. The van der Waals surface area contributed by atoms with E-state index in [2.05, 4.69) is 70.8 Å².